The van der Waals surface area contributed by atoms with Crippen molar-refractivity contribution in [3.8, 4) is 0 Å². The van der Waals surface area contributed by atoms with Gasteiger partial charge in [-0.2, -0.15) is 0 Å². The van der Waals surface area contributed by atoms with Gasteiger partial charge in [-0.25, -0.2) is 0 Å². The van der Waals surface area contributed by atoms with Crippen LogP contribution in [0.15, 0.2) is 18.5 Å². The highest BCUT2D eigenvalue weighted by atomic mass is 16.3. The number of aliphatic hydroxyl groups is 1. The van der Waals surface area contributed by atoms with Crippen LogP contribution in [0.1, 0.15) is 30.9 Å². The average molecular weight is 165 g/mol. The summed E-state index contributed by atoms with van der Waals surface area (Å²) in [5.41, 5.74) is 2.32. The molecule has 66 valence electrons. The first-order valence-corrected chi connectivity index (χ1v) is 4.21. The van der Waals surface area contributed by atoms with Crippen molar-refractivity contribution in [2.75, 3.05) is 0 Å². The molecule has 1 aromatic heterocycles. The Hall–Kier alpha value is -0.890. The van der Waals surface area contributed by atoms with Gasteiger partial charge in [-0.05, 0) is 31.0 Å². The third kappa shape index (κ3) is 1.83. The normalized spacial score (nSPS) is 15.7. The van der Waals surface area contributed by atoms with Gasteiger partial charge < -0.3 is 5.11 Å². The molecule has 0 aliphatic heterocycles. The number of hydrogen-bond acceptors (Lipinski definition) is 2. The van der Waals surface area contributed by atoms with Crippen LogP contribution in [0, 0.1) is 6.92 Å². The Balaban J connectivity index is 2.94. The Kier molecular flexibility index (Phi) is 2.82. The zero-order valence-electron chi connectivity index (χ0n) is 7.78. The SMILES string of the molecule is Cc1cnccc1C(C)C(C)O. The summed E-state index contributed by atoms with van der Waals surface area (Å²) in [5, 5.41) is 9.38. The van der Waals surface area contributed by atoms with Gasteiger partial charge in [0.2, 0.25) is 0 Å². The molecule has 0 fully saturated rings. The van der Waals surface area contributed by atoms with E-state index in [9.17, 15) is 5.11 Å². The molecule has 0 saturated carbocycles. The second-order valence-electron chi connectivity index (χ2n) is 3.26. The minimum atomic E-state index is -0.300. The molecule has 1 N–H and O–H groups in total. The standard InChI is InChI=1S/C10H15NO/c1-7-6-11-5-4-10(7)8(2)9(3)12/h4-6,8-9,12H,1-3H3. The monoisotopic (exact) mass is 165 g/mol. The van der Waals surface area contributed by atoms with Crippen molar-refractivity contribution < 1.29 is 5.11 Å². The van der Waals surface area contributed by atoms with Crippen LogP contribution in [0.2, 0.25) is 0 Å². The molecule has 2 atom stereocenters. The lowest BCUT2D eigenvalue weighted by atomic mass is 9.94. The average Bonchev–Trinajstić information content (AvgIpc) is 2.04. The summed E-state index contributed by atoms with van der Waals surface area (Å²) in [6.45, 7) is 5.85. The van der Waals surface area contributed by atoms with Gasteiger partial charge in [-0.1, -0.05) is 6.92 Å². The molecular weight excluding hydrogens is 150 g/mol. The molecule has 0 saturated heterocycles. The summed E-state index contributed by atoms with van der Waals surface area (Å²) < 4.78 is 0. The van der Waals surface area contributed by atoms with Crippen molar-refractivity contribution in [2.45, 2.75) is 32.8 Å². The predicted molar refractivity (Wildman–Crippen MR) is 49.1 cm³/mol. The van der Waals surface area contributed by atoms with E-state index in [4.69, 9.17) is 0 Å². The van der Waals surface area contributed by atoms with E-state index in [-0.39, 0.29) is 12.0 Å². The van der Waals surface area contributed by atoms with Gasteiger partial charge in [0.05, 0.1) is 6.10 Å². The first kappa shape index (κ1) is 9.20. The Morgan fingerprint density at radius 1 is 1.42 bits per heavy atom. The second-order valence-corrected chi connectivity index (χ2v) is 3.26. The number of pyridine rings is 1. The fourth-order valence-electron chi connectivity index (χ4n) is 1.25. The maximum absolute atomic E-state index is 9.38. The van der Waals surface area contributed by atoms with Crippen LogP contribution in [0.5, 0.6) is 0 Å². The lowest BCUT2D eigenvalue weighted by Crippen LogP contribution is -2.12. The molecular formula is C10H15NO. The van der Waals surface area contributed by atoms with E-state index in [0.29, 0.717) is 0 Å². The van der Waals surface area contributed by atoms with E-state index in [0.717, 1.165) is 5.56 Å². The van der Waals surface area contributed by atoms with Gasteiger partial charge in [-0.15, -0.1) is 0 Å². The van der Waals surface area contributed by atoms with Gasteiger partial charge in [0.25, 0.3) is 0 Å². The smallest absolute Gasteiger partial charge is 0.0578 e. The van der Waals surface area contributed by atoms with Gasteiger partial charge >= 0.3 is 0 Å². The van der Waals surface area contributed by atoms with Crippen LogP contribution in [-0.4, -0.2) is 16.2 Å². The van der Waals surface area contributed by atoms with Crippen LogP contribution in [0.3, 0.4) is 0 Å². The fourth-order valence-corrected chi connectivity index (χ4v) is 1.25. The summed E-state index contributed by atoms with van der Waals surface area (Å²) in [6, 6.07) is 1.96. The molecule has 0 amide bonds. The quantitative estimate of drug-likeness (QED) is 0.725. The molecule has 1 aromatic rings. The molecule has 0 spiro atoms. The van der Waals surface area contributed by atoms with Crippen LogP contribution >= 0.6 is 0 Å². The van der Waals surface area contributed by atoms with Crippen LogP contribution < -0.4 is 0 Å². The first-order chi connectivity index (χ1) is 5.63. The van der Waals surface area contributed by atoms with E-state index >= 15 is 0 Å². The van der Waals surface area contributed by atoms with Gasteiger partial charge in [0, 0.05) is 18.3 Å². The second kappa shape index (κ2) is 3.68. The zero-order valence-corrected chi connectivity index (χ0v) is 7.78. The molecule has 1 heterocycles. The van der Waals surface area contributed by atoms with E-state index < -0.39 is 0 Å². The summed E-state index contributed by atoms with van der Waals surface area (Å²) in [5.74, 6) is 0.188. The number of rotatable bonds is 2. The van der Waals surface area contributed by atoms with Crippen LogP contribution in [0.25, 0.3) is 0 Å². The van der Waals surface area contributed by atoms with Gasteiger partial charge in [0.1, 0.15) is 0 Å². The van der Waals surface area contributed by atoms with Crippen LogP contribution in [0.4, 0.5) is 0 Å². The van der Waals surface area contributed by atoms with Gasteiger partial charge in [0.15, 0.2) is 0 Å². The lowest BCUT2D eigenvalue weighted by molar-refractivity contribution is 0.168. The molecule has 0 aromatic carbocycles. The Morgan fingerprint density at radius 2 is 2.08 bits per heavy atom. The lowest BCUT2D eigenvalue weighted by Gasteiger charge is -2.16. The fraction of sp³-hybridized carbons (Fsp3) is 0.500. The number of aryl methyl sites for hydroxylation is 1. The Bertz CT molecular complexity index is 258. The van der Waals surface area contributed by atoms with E-state index in [2.05, 4.69) is 4.98 Å². The maximum Gasteiger partial charge on any atom is 0.0578 e. The minimum absolute atomic E-state index is 0.188. The third-order valence-electron chi connectivity index (χ3n) is 2.28. The van der Waals surface area contributed by atoms with Crippen molar-refractivity contribution in [2.24, 2.45) is 0 Å². The predicted octanol–water partition coefficient (Wildman–Crippen LogP) is 1.87. The third-order valence-corrected chi connectivity index (χ3v) is 2.28. The highest BCUT2D eigenvalue weighted by Crippen LogP contribution is 2.21. The summed E-state index contributed by atoms with van der Waals surface area (Å²) in [6.07, 6.45) is 3.29. The number of aliphatic hydroxyl groups excluding tert-OH is 1. The van der Waals surface area contributed by atoms with Crippen LogP contribution in [-0.2, 0) is 0 Å². The summed E-state index contributed by atoms with van der Waals surface area (Å²) in [7, 11) is 0. The maximum atomic E-state index is 9.38. The highest BCUT2D eigenvalue weighted by molar-refractivity contribution is 5.25. The van der Waals surface area contributed by atoms with Gasteiger partial charge in [-0.3, -0.25) is 4.98 Å². The van der Waals surface area contributed by atoms with Crippen molar-refractivity contribution >= 4 is 0 Å². The molecule has 2 unspecified atom stereocenters. The zero-order chi connectivity index (χ0) is 9.14. The number of aromatic nitrogens is 1. The van der Waals surface area contributed by atoms with Crippen molar-refractivity contribution in [1.29, 1.82) is 0 Å². The molecule has 0 aliphatic rings. The number of nitrogens with zero attached hydrogens (tertiary/aromatic N) is 1. The minimum Gasteiger partial charge on any atom is -0.393 e. The summed E-state index contributed by atoms with van der Waals surface area (Å²) in [4.78, 5) is 4.01. The molecule has 0 aliphatic carbocycles. The molecule has 2 heteroatoms. The summed E-state index contributed by atoms with van der Waals surface area (Å²) >= 11 is 0. The number of hydrogen-bond donors (Lipinski definition) is 1. The largest absolute Gasteiger partial charge is 0.393 e. The first-order valence-electron chi connectivity index (χ1n) is 4.21. The molecule has 0 radical (unpaired) electrons. The topological polar surface area (TPSA) is 33.1 Å². The molecule has 12 heavy (non-hydrogen) atoms. The van der Waals surface area contributed by atoms with Crippen molar-refractivity contribution in [3.63, 3.8) is 0 Å². The van der Waals surface area contributed by atoms with E-state index in [1.165, 1.54) is 5.56 Å². The van der Waals surface area contributed by atoms with E-state index in [1.807, 2.05) is 33.0 Å². The Morgan fingerprint density at radius 3 is 2.58 bits per heavy atom. The highest BCUT2D eigenvalue weighted by Gasteiger charge is 2.12. The van der Waals surface area contributed by atoms with Crippen molar-refractivity contribution in [1.82, 2.24) is 4.98 Å². The Labute approximate surface area is 73.3 Å². The molecule has 0 bridgehead atoms. The van der Waals surface area contributed by atoms with E-state index in [1.54, 1.807) is 6.20 Å². The molecule has 2 nitrogen and oxygen atoms in total. The molecule has 1 rings (SSSR count). The van der Waals surface area contributed by atoms with Crippen molar-refractivity contribution in [3.05, 3.63) is 29.6 Å².